The van der Waals surface area contributed by atoms with Crippen molar-refractivity contribution in [3.05, 3.63) is 123 Å². The van der Waals surface area contributed by atoms with E-state index >= 15 is 0 Å². The predicted molar refractivity (Wildman–Crippen MR) is 136 cm³/mol. The third-order valence-electron chi connectivity index (χ3n) is 5.49. The van der Waals surface area contributed by atoms with E-state index in [4.69, 9.17) is 0 Å². The summed E-state index contributed by atoms with van der Waals surface area (Å²) in [7, 11) is 0. The van der Waals surface area contributed by atoms with E-state index in [0.717, 1.165) is 19.9 Å². The number of hydrogen-bond donors (Lipinski definition) is 1. The van der Waals surface area contributed by atoms with Gasteiger partial charge in [-0.25, -0.2) is 4.79 Å². The third-order valence-corrected chi connectivity index (χ3v) is 6.49. The number of anilines is 1. The van der Waals surface area contributed by atoms with E-state index in [-0.39, 0.29) is 6.54 Å². The van der Waals surface area contributed by atoms with Crippen molar-refractivity contribution in [1.82, 2.24) is 9.13 Å². The van der Waals surface area contributed by atoms with Gasteiger partial charge in [-0.15, -0.1) is 0 Å². The van der Waals surface area contributed by atoms with Gasteiger partial charge in [-0.3, -0.25) is 18.7 Å². The maximum atomic E-state index is 12.8. The van der Waals surface area contributed by atoms with Crippen LogP contribution in [0.4, 0.5) is 5.69 Å². The van der Waals surface area contributed by atoms with Crippen LogP contribution in [0, 0.1) is 13.8 Å². The normalized spacial score (nSPS) is 10.8. The molecule has 0 unspecified atom stereocenters. The van der Waals surface area contributed by atoms with Crippen molar-refractivity contribution in [2.24, 2.45) is 0 Å². The highest BCUT2D eigenvalue weighted by molar-refractivity contribution is 7.99. The largest absolute Gasteiger partial charge is 0.331 e. The first-order valence-corrected chi connectivity index (χ1v) is 11.7. The Morgan fingerprint density at radius 3 is 2.26 bits per heavy atom. The number of nitrogens with one attached hydrogen (secondary N) is 1. The van der Waals surface area contributed by atoms with Crippen LogP contribution in [0.2, 0.25) is 0 Å². The highest BCUT2D eigenvalue weighted by Gasteiger charge is 2.11. The fraction of sp³-hybridized carbons (Fsp3) is 0.148. The van der Waals surface area contributed by atoms with Gasteiger partial charge in [-0.1, -0.05) is 48.2 Å². The summed E-state index contributed by atoms with van der Waals surface area (Å²) < 4.78 is 2.37. The van der Waals surface area contributed by atoms with Crippen LogP contribution in [-0.4, -0.2) is 15.0 Å². The van der Waals surface area contributed by atoms with Crippen LogP contribution in [0.3, 0.4) is 0 Å². The first kappa shape index (κ1) is 23.3. The zero-order valence-electron chi connectivity index (χ0n) is 19.0. The number of amides is 1. The van der Waals surface area contributed by atoms with Gasteiger partial charge in [0.05, 0.1) is 6.54 Å². The lowest BCUT2D eigenvalue weighted by molar-refractivity contribution is -0.116. The molecule has 0 saturated carbocycles. The van der Waals surface area contributed by atoms with Crippen LogP contribution in [0.15, 0.2) is 104 Å². The summed E-state index contributed by atoms with van der Waals surface area (Å²) in [5.74, 6) is -0.439. The number of aryl methyl sites for hydroxylation is 2. The molecule has 0 fully saturated rings. The van der Waals surface area contributed by atoms with Gasteiger partial charge in [-0.05, 0) is 66.9 Å². The number of aromatic nitrogens is 2. The van der Waals surface area contributed by atoms with Crippen LogP contribution in [0.1, 0.15) is 16.7 Å². The summed E-state index contributed by atoms with van der Waals surface area (Å²) in [6.45, 7) is 4.14. The Labute approximate surface area is 201 Å². The molecule has 7 heteroatoms. The summed E-state index contributed by atoms with van der Waals surface area (Å²) in [5.41, 5.74) is 3.00. The number of carbonyl (C=O) groups excluding carboxylic acids is 1. The van der Waals surface area contributed by atoms with E-state index in [2.05, 4.69) is 37.4 Å². The highest BCUT2D eigenvalue weighted by Crippen LogP contribution is 2.29. The van der Waals surface area contributed by atoms with E-state index in [0.29, 0.717) is 12.2 Å². The molecule has 1 heterocycles. The Kier molecular flexibility index (Phi) is 7.13. The molecule has 1 N–H and O–H groups in total. The summed E-state index contributed by atoms with van der Waals surface area (Å²) in [5, 5.41) is 2.77. The minimum atomic E-state index is -0.522. The van der Waals surface area contributed by atoms with Crippen LogP contribution in [0.25, 0.3) is 0 Å². The number of hydrogen-bond acceptors (Lipinski definition) is 4. The molecule has 4 aromatic rings. The monoisotopic (exact) mass is 471 g/mol. The number of nitrogens with zero attached hydrogens (tertiary/aromatic N) is 2. The molecule has 1 aromatic heterocycles. The topological polar surface area (TPSA) is 73.1 Å². The van der Waals surface area contributed by atoms with Crippen molar-refractivity contribution in [1.29, 1.82) is 0 Å². The minimum absolute atomic E-state index is 0.321. The maximum Gasteiger partial charge on any atom is 0.331 e. The maximum absolute atomic E-state index is 12.8. The summed E-state index contributed by atoms with van der Waals surface area (Å²) in [6, 6.07) is 24.6. The standard InChI is InChI=1S/C27H25N3O3S/c1-19-8-11-24(16-20(19)2)34-23-12-9-22(10-13-23)28-25(31)18-30-26(32)14-15-29(27(30)33)17-21-6-4-3-5-7-21/h3-16H,17-18H2,1-2H3,(H,28,31). The predicted octanol–water partition coefficient (Wildman–Crippen LogP) is 4.47. The molecular formula is C27H25N3O3S. The fourth-order valence-electron chi connectivity index (χ4n) is 3.47. The van der Waals surface area contributed by atoms with Gasteiger partial charge in [0.15, 0.2) is 0 Å². The molecule has 0 aliphatic rings. The SMILES string of the molecule is Cc1ccc(Sc2ccc(NC(=O)Cn3c(=O)ccn(Cc4ccccc4)c3=O)cc2)cc1C. The average Bonchev–Trinajstić information content (AvgIpc) is 2.83. The van der Waals surface area contributed by atoms with Crippen LogP contribution >= 0.6 is 11.8 Å². The zero-order chi connectivity index (χ0) is 24.1. The zero-order valence-corrected chi connectivity index (χ0v) is 19.8. The molecule has 172 valence electrons. The number of rotatable bonds is 7. The summed E-state index contributed by atoms with van der Waals surface area (Å²) in [4.78, 5) is 39.8. The van der Waals surface area contributed by atoms with Crippen molar-refractivity contribution in [2.75, 3.05) is 5.32 Å². The van der Waals surface area contributed by atoms with Crippen molar-refractivity contribution in [2.45, 2.75) is 36.7 Å². The van der Waals surface area contributed by atoms with Crippen molar-refractivity contribution in [3.8, 4) is 0 Å². The van der Waals surface area contributed by atoms with Gasteiger partial charge in [-0.2, -0.15) is 0 Å². The fourth-order valence-corrected chi connectivity index (χ4v) is 4.38. The molecule has 4 rings (SSSR count). The first-order chi connectivity index (χ1) is 16.4. The Balaban J connectivity index is 1.42. The van der Waals surface area contributed by atoms with E-state index in [9.17, 15) is 14.4 Å². The first-order valence-electron chi connectivity index (χ1n) is 10.9. The molecule has 0 radical (unpaired) electrons. The molecule has 0 atom stereocenters. The molecule has 0 spiro atoms. The second kappa shape index (κ2) is 10.4. The van der Waals surface area contributed by atoms with Gasteiger partial charge in [0.1, 0.15) is 6.54 Å². The Morgan fingerprint density at radius 1 is 0.853 bits per heavy atom. The molecule has 6 nitrogen and oxygen atoms in total. The molecule has 3 aromatic carbocycles. The van der Waals surface area contributed by atoms with Crippen molar-refractivity contribution >= 4 is 23.4 Å². The van der Waals surface area contributed by atoms with Gasteiger partial charge < -0.3 is 5.32 Å². The van der Waals surface area contributed by atoms with E-state index < -0.39 is 17.2 Å². The smallest absolute Gasteiger partial charge is 0.325 e. The Morgan fingerprint density at radius 2 is 1.56 bits per heavy atom. The van der Waals surface area contributed by atoms with E-state index in [1.165, 1.54) is 28.0 Å². The minimum Gasteiger partial charge on any atom is -0.325 e. The molecule has 34 heavy (non-hydrogen) atoms. The molecule has 0 aliphatic carbocycles. The van der Waals surface area contributed by atoms with E-state index in [1.54, 1.807) is 11.8 Å². The average molecular weight is 472 g/mol. The highest BCUT2D eigenvalue weighted by atomic mass is 32.2. The van der Waals surface area contributed by atoms with Gasteiger partial charge in [0, 0.05) is 27.7 Å². The lowest BCUT2D eigenvalue weighted by atomic mass is 10.1. The lowest BCUT2D eigenvalue weighted by Gasteiger charge is -2.11. The molecular weight excluding hydrogens is 446 g/mol. The van der Waals surface area contributed by atoms with Crippen LogP contribution in [0.5, 0.6) is 0 Å². The third kappa shape index (κ3) is 5.74. The van der Waals surface area contributed by atoms with Gasteiger partial charge >= 0.3 is 5.69 Å². The van der Waals surface area contributed by atoms with Crippen LogP contribution < -0.4 is 16.6 Å². The summed E-state index contributed by atoms with van der Waals surface area (Å²) in [6.07, 6.45) is 1.46. The number of benzene rings is 3. The quantitative estimate of drug-likeness (QED) is 0.432. The summed E-state index contributed by atoms with van der Waals surface area (Å²) >= 11 is 1.64. The molecule has 0 aliphatic heterocycles. The molecule has 1 amide bonds. The Bertz CT molecular complexity index is 1420. The number of carbonyl (C=O) groups is 1. The van der Waals surface area contributed by atoms with Gasteiger partial charge in [0.2, 0.25) is 5.91 Å². The molecule has 0 bridgehead atoms. The lowest BCUT2D eigenvalue weighted by Crippen LogP contribution is -2.41. The Hall–Kier alpha value is -3.84. The van der Waals surface area contributed by atoms with Gasteiger partial charge in [0.25, 0.3) is 5.56 Å². The van der Waals surface area contributed by atoms with Crippen LogP contribution in [-0.2, 0) is 17.9 Å². The van der Waals surface area contributed by atoms with Crippen molar-refractivity contribution < 1.29 is 4.79 Å². The van der Waals surface area contributed by atoms with Crippen molar-refractivity contribution in [3.63, 3.8) is 0 Å². The van der Waals surface area contributed by atoms with E-state index in [1.807, 2.05) is 54.6 Å². The second-order valence-electron chi connectivity index (χ2n) is 8.06. The second-order valence-corrected chi connectivity index (χ2v) is 9.20. The molecule has 0 saturated heterocycles.